The van der Waals surface area contributed by atoms with Crippen LogP contribution in [0.5, 0.6) is 0 Å². The van der Waals surface area contributed by atoms with Crippen molar-refractivity contribution >= 4 is 46.6 Å². The van der Waals surface area contributed by atoms with Crippen LogP contribution in [0.1, 0.15) is 47.9 Å². The minimum Gasteiger partial charge on any atom is -0.462 e. The lowest BCUT2D eigenvalue weighted by atomic mass is 9.92. The van der Waals surface area contributed by atoms with Crippen LogP contribution < -0.4 is 19.6 Å². The highest BCUT2D eigenvalue weighted by Crippen LogP contribution is 2.22. The SMILES string of the molecule is CN(C)c1ccc(C(=O)OCCCOCCOCC(COCCOCCOC(=O)c2ccc(N(C)C)cc2)(COCCOCCOC(=O)c2ccc(N(C)C)cc2)COCCOCCOC(=O)c2ccc(N(C)C)cc2)cc1. The predicted octanol–water partition coefficient (Wildman–Crippen LogP) is 6.19. The monoisotopic (exact) mass is 1090 g/mol. The van der Waals surface area contributed by atoms with Gasteiger partial charge >= 0.3 is 23.9 Å². The largest absolute Gasteiger partial charge is 0.462 e. The van der Waals surface area contributed by atoms with Crippen molar-refractivity contribution in [3.63, 3.8) is 0 Å². The van der Waals surface area contributed by atoms with E-state index < -0.39 is 29.3 Å². The summed E-state index contributed by atoms with van der Waals surface area (Å²) in [6.45, 7) is 3.68. The third kappa shape index (κ3) is 25.0. The molecule has 4 aromatic carbocycles. The average Bonchev–Trinajstić information content (AvgIpc) is 3.44. The van der Waals surface area contributed by atoms with Crippen LogP contribution >= 0.6 is 0 Å². The van der Waals surface area contributed by atoms with Crippen LogP contribution in [0.3, 0.4) is 0 Å². The molecule has 0 amide bonds. The Morgan fingerprint density at radius 3 is 0.731 bits per heavy atom. The third-order valence-electron chi connectivity index (χ3n) is 11.6. The number of esters is 4. The maximum absolute atomic E-state index is 12.6. The lowest BCUT2D eigenvalue weighted by Gasteiger charge is -2.33. The molecule has 78 heavy (non-hydrogen) atoms. The van der Waals surface area contributed by atoms with Crippen LogP contribution in [0.15, 0.2) is 97.1 Å². The first-order chi connectivity index (χ1) is 37.7. The molecule has 4 rings (SSSR count). The molecule has 0 atom stereocenters. The number of benzene rings is 4. The van der Waals surface area contributed by atoms with Gasteiger partial charge in [0.25, 0.3) is 0 Å². The summed E-state index contributed by atoms with van der Waals surface area (Å²) in [5, 5.41) is 0. The number of anilines is 4. The molecule has 4 aromatic rings. The minimum absolute atomic E-state index is 0.0668. The van der Waals surface area contributed by atoms with Gasteiger partial charge in [-0.05, 0) is 97.1 Å². The Morgan fingerprint density at radius 1 is 0.282 bits per heavy atom. The van der Waals surface area contributed by atoms with Crippen LogP contribution in [-0.2, 0) is 56.8 Å². The fourth-order valence-corrected chi connectivity index (χ4v) is 7.11. The summed E-state index contributed by atoms with van der Waals surface area (Å²) >= 11 is 0. The fourth-order valence-electron chi connectivity index (χ4n) is 7.11. The second-order valence-corrected chi connectivity index (χ2v) is 18.8. The molecule has 0 N–H and O–H groups in total. The van der Waals surface area contributed by atoms with E-state index >= 15 is 0 Å². The molecule has 0 saturated carbocycles. The van der Waals surface area contributed by atoms with Crippen molar-refractivity contribution in [1.29, 1.82) is 0 Å². The summed E-state index contributed by atoms with van der Waals surface area (Å²) in [4.78, 5) is 58.0. The number of carbonyl (C=O) groups is 4. The lowest BCUT2D eigenvalue weighted by Crippen LogP contribution is -2.43. The molecule has 0 spiro atoms. The van der Waals surface area contributed by atoms with Gasteiger partial charge in [0.1, 0.15) is 19.8 Å². The first kappa shape index (κ1) is 64.2. The zero-order valence-corrected chi connectivity index (χ0v) is 46.9. The molecular weight excluding hydrogens is 1010 g/mol. The van der Waals surface area contributed by atoms with Gasteiger partial charge in [-0.1, -0.05) is 0 Å². The third-order valence-corrected chi connectivity index (χ3v) is 11.6. The molecule has 0 heterocycles. The minimum atomic E-state index is -0.827. The zero-order valence-electron chi connectivity index (χ0n) is 46.9. The van der Waals surface area contributed by atoms with E-state index in [2.05, 4.69) is 0 Å². The Morgan fingerprint density at radius 2 is 0.487 bits per heavy atom. The van der Waals surface area contributed by atoms with Crippen molar-refractivity contribution in [2.45, 2.75) is 6.42 Å². The summed E-state index contributed by atoms with van der Waals surface area (Å²) in [6.07, 6.45) is 0.501. The zero-order chi connectivity index (χ0) is 56.4. The highest BCUT2D eigenvalue weighted by atomic mass is 16.6. The van der Waals surface area contributed by atoms with Crippen LogP contribution in [0.2, 0.25) is 0 Å². The number of rotatable bonds is 41. The number of hydrogen-bond acceptors (Lipinski definition) is 20. The number of hydrogen-bond donors (Lipinski definition) is 0. The predicted molar refractivity (Wildman–Crippen MR) is 298 cm³/mol. The van der Waals surface area contributed by atoms with Gasteiger partial charge in [0.15, 0.2) is 0 Å². The molecule has 430 valence electrons. The Balaban J connectivity index is 1.27. The van der Waals surface area contributed by atoms with Gasteiger partial charge < -0.3 is 76.4 Å². The Kier molecular flexibility index (Phi) is 30.2. The van der Waals surface area contributed by atoms with Gasteiger partial charge in [0.05, 0.1) is 133 Å². The molecule has 0 radical (unpaired) electrons. The molecule has 20 heteroatoms. The van der Waals surface area contributed by atoms with Gasteiger partial charge in [0.2, 0.25) is 0 Å². The Bertz CT molecular complexity index is 2110. The summed E-state index contributed by atoms with van der Waals surface area (Å²) < 4.78 is 69.4. The van der Waals surface area contributed by atoms with Crippen LogP contribution in [-0.4, -0.2) is 212 Å². The lowest BCUT2D eigenvalue weighted by molar-refractivity contribution is -0.122. The van der Waals surface area contributed by atoms with E-state index in [0.717, 1.165) is 22.7 Å². The van der Waals surface area contributed by atoms with Gasteiger partial charge in [0, 0.05) is 92.2 Å². The maximum atomic E-state index is 12.6. The topological polar surface area (TPSA) is 192 Å². The van der Waals surface area contributed by atoms with Gasteiger partial charge in [-0.2, -0.15) is 0 Å². The van der Waals surface area contributed by atoms with E-state index in [1.165, 1.54) is 0 Å². The van der Waals surface area contributed by atoms with Crippen LogP contribution in [0.25, 0.3) is 0 Å². The van der Waals surface area contributed by atoms with E-state index in [0.29, 0.717) is 35.3 Å². The summed E-state index contributed by atoms with van der Waals surface area (Å²) in [5.41, 5.74) is 4.89. The summed E-state index contributed by atoms with van der Waals surface area (Å²) in [7, 11) is 15.4. The van der Waals surface area contributed by atoms with Gasteiger partial charge in [-0.15, -0.1) is 0 Å². The number of ether oxygens (including phenoxy) is 12. The molecule has 0 aromatic heterocycles. The Hall–Kier alpha value is -6.36. The first-order valence-electron chi connectivity index (χ1n) is 26.1. The van der Waals surface area contributed by atoms with Crippen molar-refractivity contribution < 1.29 is 76.0 Å². The van der Waals surface area contributed by atoms with Crippen molar-refractivity contribution in [2.24, 2.45) is 5.41 Å². The molecule has 0 aliphatic heterocycles. The van der Waals surface area contributed by atoms with Crippen LogP contribution in [0, 0.1) is 5.41 Å². The van der Waals surface area contributed by atoms with Crippen molar-refractivity contribution in [3.05, 3.63) is 119 Å². The maximum Gasteiger partial charge on any atom is 0.338 e. The summed E-state index contributed by atoms with van der Waals surface area (Å²) in [5.74, 6) is -1.72. The smallest absolute Gasteiger partial charge is 0.338 e. The molecule has 20 nitrogen and oxygen atoms in total. The van der Waals surface area contributed by atoms with E-state index in [4.69, 9.17) is 56.8 Å². The number of nitrogens with zero attached hydrogens (tertiary/aromatic N) is 4. The molecule has 0 saturated heterocycles. The number of carbonyl (C=O) groups excluding carboxylic acids is 4. The quantitative estimate of drug-likeness (QED) is 0.0277. The second-order valence-electron chi connectivity index (χ2n) is 18.8. The molecular formula is C58H82N4O16. The van der Waals surface area contributed by atoms with E-state index in [1.54, 1.807) is 48.5 Å². The van der Waals surface area contributed by atoms with Gasteiger partial charge in [-0.3, -0.25) is 0 Å². The van der Waals surface area contributed by atoms with Crippen molar-refractivity contribution in [1.82, 2.24) is 0 Å². The van der Waals surface area contributed by atoms with E-state index in [9.17, 15) is 19.2 Å². The first-order valence-corrected chi connectivity index (χ1v) is 26.1. The molecule has 0 aliphatic rings. The molecule has 0 unspecified atom stereocenters. The fraction of sp³-hybridized carbons (Fsp3) is 0.517. The van der Waals surface area contributed by atoms with E-state index in [1.807, 2.05) is 125 Å². The van der Waals surface area contributed by atoms with E-state index in [-0.39, 0.29) is 126 Å². The Labute approximate surface area is 460 Å². The van der Waals surface area contributed by atoms with Crippen LogP contribution in [0.4, 0.5) is 22.7 Å². The highest BCUT2D eigenvalue weighted by Gasteiger charge is 2.33. The molecule has 0 fully saturated rings. The standard InChI is InChI=1S/C58H82N4O16/c1-59(2)50-18-10-46(11-19-50)54(63)75-27-9-26-67-28-32-71-42-58(43-72-33-29-68-36-39-76-55(64)47-12-20-51(21-13-47)60(3)4,44-73-34-30-69-37-40-77-56(65)48-14-22-52(23-15-48)61(5)6)45-74-35-31-70-38-41-78-57(66)49-16-24-53(25-17-49)62(7)8/h10-25H,9,26-45H2,1-8H3. The van der Waals surface area contributed by atoms with Crippen molar-refractivity contribution in [3.8, 4) is 0 Å². The van der Waals surface area contributed by atoms with Gasteiger partial charge in [-0.25, -0.2) is 19.2 Å². The average molecular weight is 1090 g/mol. The highest BCUT2D eigenvalue weighted by molar-refractivity contribution is 5.91. The molecule has 0 aliphatic carbocycles. The summed E-state index contributed by atoms with van der Waals surface area (Å²) in [6, 6.07) is 28.6. The molecule has 0 bridgehead atoms. The second kappa shape index (κ2) is 36.7. The normalized spacial score (nSPS) is 11.2. The van der Waals surface area contributed by atoms with Crippen molar-refractivity contribution in [2.75, 3.05) is 208 Å².